The minimum absolute atomic E-state index is 0.237. The van der Waals surface area contributed by atoms with E-state index < -0.39 is 0 Å². The van der Waals surface area contributed by atoms with Crippen LogP contribution in [0.25, 0.3) is 0 Å². The number of nitrogens with zero attached hydrogens (tertiary/aromatic N) is 1. The van der Waals surface area contributed by atoms with Gasteiger partial charge in [-0.1, -0.05) is 18.2 Å². The van der Waals surface area contributed by atoms with Gasteiger partial charge in [-0.25, -0.2) is 4.39 Å². The van der Waals surface area contributed by atoms with Crippen molar-refractivity contribution >= 4 is 17.7 Å². The van der Waals surface area contributed by atoms with Gasteiger partial charge < -0.3 is 4.90 Å². The van der Waals surface area contributed by atoms with Gasteiger partial charge in [-0.2, -0.15) is 0 Å². The second kappa shape index (κ2) is 5.08. The van der Waals surface area contributed by atoms with Crippen LogP contribution in [0.2, 0.25) is 0 Å². The Morgan fingerprint density at radius 3 is 2.75 bits per heavy atom. The van der Waals surface area contributed by atoms with Crippen molar-refractivity contribution in [3.8, 4) is 0 Å². The molecule has 0 radical (unpaired) electrons. The number of fused-ring (bicyclic) bond motifs is 1. The fourth-order valence-corrected chi connectivity index (χ4v) is 2.85. The van der Waals surface area contributed by atoms with Crippen LogP contribution in [-0.4, -0.2) is 12.3 Å². The molecule has 0 fully saturated rings. The highest BCUT2D eigenvalue weighted by molar-refractivity contribution is 5.77. The molecule has 0 spiro atoms. The monoisotopic (exact) mass is 269 g/mol. The molecule has 1 atom stereocenters. The van der Waals surface area contributed by atoms with Crippen molar-refractivity contribution in [2.45, 2.75) is 25.8 Å². The lowest BCUT2D eigenvalue weighted by Crippen LogP contribution is -2.33. The molecule has 2 nitrogen and oxygen atoms in total. The van der Waals surface area contributed by atoms with Gasteiger partial charge in [0.1, 0.15) is 12.1 Å². The highest BCUT2D eigenvalue weighted by atomic mass is 19.1. The first-order valence-electron chi connectivity index (χ1n) is 6.82. The summed E-state index contributed by atoms with van der Waals surface area (Å²) in [5.41, 5.74) is 3.20. The molecule has 1 aliphatic rings. The maximum Gasteiger partial charge on any atom is 0.150 e. The molecule has 102 valence electrons. The molecular weight excluding hydrogens is 253 g/mol. The number of para-hydroxylation sites is 1. The van der Waals surface area contributed by atoms with Gasteiger partial charge >= 0.3 is 0 Å². The maximum absolute atomic E-state index is 14.3. The van der Waals surface area contributed by atoms with Crippen LogP contribution in [0.1, 0.15) is 29.3 Å². The van der Waals surface area contributed by atoms with E-state index in [0.29, 0.717) is 17.5 Å². The quantitative estimate of drug-likeness (QED) is 0.765. The van der Waals surface area contributed by atoms with Crippen LogP contribution in [-0.2, 0) is 6.42 Å². The number of anilines is 2. The summed E-state index contributed by atoms with van der Waals surface area (Å²) < 4.78 is 14.3. The summed E-state index contributed by atoms with van der Waals surface area (Å²) in [6, 6.07) is 13.0. The summed E-state index contributed by atoms with van der Waals surface area (Å²) in [5.74, 6) is -0.349. The molecular formula is C17H16FNO. The van der Waals surface area contributed by atoms with Crippen molar-refractivity contribution in [1.29, 1.82) is 0 Å². The van der Waals surface area contributed by atoms with Crippen LogP contribution in [0.3, 0.4) is 0 Å². The Balaban J connectivity index is 2.11. The molecule has 1 aliphatic heterocycles. The van der Waals surface area contributed by atoms with Crippen molar-refractivity contribution in [1.82, 2.24) is 0 Å². The summed E-state index contributed by atoms with van der Waals surface area (Å²) in [4.78, 5) is 12.8. The summed E-state index contributed by atoms with van der Waals surface area (Å²) in [6.45, 7) is 2.10. The molecule has 1 unspecified atom stereocenters. The number of rotatable bonds is 2. The number of carbonyl (C=O) groups is 1. The average molecular weight is 269 g/mol. The van der Waals surface area contributed by atoms with E-state index in [1.54, 1.807) is 12.1 Å². The van der Waals surface area contributed by atoms with Crippen LogP contribution < -0.4 is 4.90 Å². The second-order valence-corrected chi connectivity index (χ2v) is 5.22. The van der Waals surface area contributed by atoms with Crippen LogP contribution in [0.4, 0.5) is 15.8 Å². The SMILES string of the molecule is CC1CCc2ccccc2N1c1ccc(C=O)cc1F. The van der Waals surface area contributed by atoms with Crippen LogP contribution in [0.15, 0.2) is 42.5 Å². The Morgan fingerprint density at radius 1 is 1.20 bits per heavy atom. The number of aryl methyl sites for hydroxylation is 1. The number of hydrogen-bond acceptors (Lipinski definition) is 2. The van der Waals surface area contributed by atoms with E-state index in [1.807, 2.05) is 23.1 Å². The third-order valence-corrected chi connectivity index (χ3v) is 3.89. The number of carbonyl (C=O) groups excluding carboxylic acids is 1. The Kier molecular flexibility index (Phi) is 3.26. The highest BCUT2D eigenvalue weighted by Crippen LogP contribution is 2.37. The molecule has 0 saturated heterocycles. The minimum Gasteiger partial charge on any atom is -0.336 e. The maximum atomic E-state index is 14.3. The third kappa shape index (κ3) is 2.09. The number of aldehydes is 1. The number of benzene rings is 2. The Labute approximate surface area is 117 Å². The lowest BCUT2D eigenvalue weighted by molar-refractivity contribution is 0.112. The molecule has 0 aliphatic carbocycles. The van der Waals surface area contributed by atoms with Crippen LogP contribution >= 0.6 is 0 Å². The van der Waals surface area contributed by atoms with E-state index in [1.165, 1.54) is 11.6 Å². The zero-order chi connectivity index (χ0) is 14.1. The number of hydrogen-bond donors (Lipinski definition) is 0. The predicted molar refractivity (Wildman–Crippen MR) is 78.2 cm³/mol. The van der Waals surface area contributed by atoms with Crippen LogP contribution in [0.5, 0.6) is 0 Å². The fraction of sp³-hybridized carbons (Fsp3) is 0.235. The summed E-state index contributed by atoms with van der Waals surface area (Å²) in [6.07, 6.45) is 2.67. The van der Waals surface area contributed by atoms with Gasteiger partial charge in [0.25, 0.3) is 0 Å². The first-order chi connectivity index (χ1) is 9.70. The first-order valence-corrected chi connectivity index (χ1v) is 6.82. The Hall–Kier alpha value is -2.16. The van der Waals surface area contributed by atoms with Gasteiger partial charge in [-0.15, -0.1) is 0 Å². The summed E-state index contributed by atoms with van der Waals surface area (Å²) in [7, 11) is 0. The van der Waals surface area contributed by atoms with Gasteiger partial charge in [0.05, 0.1) is 5.69 Å². The zero-order valence-corrected chi connectivity index (χ0v) is 11.3. The first kappa shape index (κ1) is 12.9. The van der Waals surface area contributed by atoms with Gasteiger partial charge in [0, 0.05) is 17.3 Å². The average Bonchev–Trinajstić information content (AvgIpc) is 2.48. The van der Waals surface area contributed by atoms with E-state index >= 15 is 0 Å². The van der Waals surface area contributed by atoms with Crippen molar-refractivity contribution in [2.75, 3.05) is 4.90 Å². The lowest BCUT2D eigenvalue weighted by Gasteiger charge is -2.37. The second-order valence-electron chi connectivity index (χ2n) is 5.22. The standard InChI is InChI=1S/C17H16FNO/c1-12-6-8-14-4-2-3-5-16(14)19(12)17-9-7-13(11-20)10-15(17)18/h2-5,7,9-12H,6,8H2,1H3. The van der Waals surface area contributed by atoms with E-state index in [-0.39, 0.29) is 11.9 Å². The topological polar surface area (TPSA) is 20.3 Å². The lowest BCUT2D eigenvalue weighted by atomic mass is 9.95. The molecule has 0 N–H and O–H groups in total. The molecule has 0 bridgehead atoms. The zero-order valence-electron chi connectivity index (χ0n) is 11.3. The minimum atomic E-state index is -0.349. The van der Waals surface area contributed by atoms with Crippen molar-refractivity contribution in [2.24, 2.45) is 0 Å². The van der Waals surface area contributed by atoms with Crippen molar-refractivity contribution in [3.63, 3.8) is 0 Å². The van der Waals surface area contributed by atoms with E-state index in [9.17, 15) is 9.18 Å². The summed E-state index contributed by atoms with van der Waals surface area (Å²) >= 11 is 0. The van der Waals surface area contributed by atoms with Gasteiger partial charge in [0.15, 0.2) is 0 Å². The number of halogens is 1. The molecule has 3 heteroatoms. The van der Waals surface area contributed by atoms with Gasteiger partial charge in [0.2, 0.25) is 0 Å². The fourth-order valence-electron chi connectivity index (χ4n) is 2.85. The largest absolute Gasteiger partial charge is 0.336 e. The molecule has 2 aromatic rings. The third-order valence-electron chi connectivity index (χ3n) is 3.89. The van der Waals surface area contributed by atoms with Gasteiger partial charge in [-0.3, -0.25) is 4.79 Å². The summed E-state index contributed by atoms with van der Waals surface area (Å²) in [5, 5.41) is 0. The predicted octanol–water partition coefficient (Wildman–Crippen LogP) is 4.11. The molecule has 3 rings (SSSR count). The molecule has 2 aromatic carbocycles. The molecule has 1 heterocycles. The van der Waals surface area contributed by atoms with Crippen molar-refractivity contribution in [3.05, 3.63) is 59.4 Å². The highest BCUT2D eigenvalue weighted by Gasteiger charge is 2.25. The normalized spacial score (nSPS) is 17.7. The molecule has 20 heavy (non-hydrogen) atoms. The Morgan fingerprint density at radius 2 is 2.00 bits per heavy atom. The molecule has 0 saturated carbocycles. The van der Waals surface area contributed by atoms with E-state index in [4.69, 9.17) is 0 Å². The van der Waals surface area contributed by atoms with E-state index in [2.05, 4.69) is 13.0 Å². The van der Waals surface area contributed by atoms with E-state index in [0.717, 1.165) is 18.5 Å². The van der Waals surface area contributed by atoms with Gasteiger partial charge in [-0.05, 0) is 49.6 Å². The smallest absolute Gasteiger partial charge is 0.150 e. The van der Waals surface area contributed by atoms with Crippen LogP contribution in [0, 0.1) is 5.82 Å². The Bertz CT molecular complexity index is 653. The van der Waals surface area contributed by atoms with Crippen molar-refractivity contribution < 1.29 is 9.18 Å². The molecule has 0 amide bonds. The molecule has 0 aromatic heterocycles.